The van der Waals surface area contributed by atoms with Crippen molar-refractivity contribution in [3.05, 3.63) is 35.4 Å². The fourth-order valence-electron chi connectivity index (χ4n) is 2.54. The van der Waals surface area contributed by atoms with E-state index < -0.39 is 0 Å². The molecule has 0 radical (unpaired) electrons. The van der Waals surface area contributed by atoms with Crippen LogP contribution in [0.5, 0.6) is 0 Å². The molecule has 21 heavy (non-hydrogen) atoms. The van der Waals surface area contributed by atoms with Crippen LogP contribution in [0.1, 0.15) is 36.9 Å². The minimum Gasteiger partial charge on any atom is -0.368 e. The topological polar surface area (TPSA) is 41.6 Å². The molecule has 1 heterocycles. The summed E-state index contributed by atoms with van der Waals surface area (Å²) < 4.78 is 5.74. The number of nitrogens with zero attached hydrogens (tertiary/aromatic N) is 1. The lowest BCUT2D eigenvalue weighted by atomic mass is 10.1. The van der Waals surface area contributed by atoms with E-state index in [4.69, 9.17) is 4.74 Å². The van der Waals surface area contributed by atoms with Crippen molar-refractivity contribution >= 4 is 5.91 Å². The number of rotatable bonds is 5. The van der Waals surface area contributed by atoms with Gasteiger partial charge < -0.3 is 15.0 Å². The molecule has 1 unspecified atom stereocenters. The van der Waals surface area contributed by atoms with Crippen LogP contribution in [0.3, 0.4) is 0 Å². The van der Waals surface area contributed by atoms with Crippen LogP contribution in [0.2, 0.25) is 0 Å². The smallest absolute Gasteiger partial charge is 0.248 e. The maximum Gasteiger partial charge on any atom is 0.248 e. The first-order valence-corrected chi connectivity index (χ1v) is 7.72. The molecule has 1 aliphatic heterocycles. The van der Waals surface area contributed by atoms with E-state index in [0.29, 0.717) is 0 Å². The second-order valence-corrected chi connectivity index (χ2v) is 5.85. The van der Waals surface area contributed by atoms with Gasteiger partial charge in [0.05, 0.1) is 12.1 Å². The number of amides is 1. The minimum absolute atomic E-state index is 0.0432. The van der Waals surface area contributed by atoms with Crippen molar-refractivity contribution in [1.29, 1.82) is 0 Å². The molecular formula is C17H26N2O2. The van der Waals surface area contributed by atoms with Crippen molar-refractivity contribution in [2.75, 3.05) is 26.7 Å². The monoisotopic (exact) mass is 290 g/mol. The number of piperidine rings is 1. The Morgan fingerprint density at radius 3 is 2.57 bits per heavy atom. The van der Waals surface area contributed by atoms with Gasteiger partial charge in [0.1, 0.15) is 6.61 Å². The minimum atomic E-state index is 0.0432. The number of carbonyl (C=O) groups is 1. The summed E-state index contributed by atoms with van der Waals surface area (Å²) in [6.07, 6.45) is 2.20. The number of ether oxygens (including phenoxy) is 1. The van der Waals surface area contributed by atoms with E-state index in [1.807, 2.05) is 14.0 Å². The highest BCUT2D eigenvalue weighted by atomic mass is 16.5. The highest BCUT2D eigenvalue weighted by Gasteiger charge is 2.20. The number of hydrogen-bond acceptors (Lipinski definition) is 3. The zero-order valence-electron chi connectivity index (χ0n) is 13.3. The predicted octanol–water partition coefficient (Wildman–Crippen LogP) is 2.28. The zero-order valence-corrected chi connectivity index (χ0v) is 13.3. The SMILES string of the molecule is Cc1ccc(C(C)N(C)C(=O)COC2CCNCC2)cc1. The lowest BCUT2D eigenvalue weighted by Crippen LogP contribution is -2.37. The van der Waals surface area contributed by atoms with E-state index in [-0.39, 0.29) is 24.7 Å². The first-order chi connectivity index (χ1) is 10.1. The average Bonchev–Trinajstić information content (AvgIpc) is 2.53. The fraction of sp³-hybridized carbons (Fsp3) is 0.588. The van der Waals surface area contributed by atoms with Crippen molar-refractivity contribution in [2.24, 2.45) is 0 Å². The number of carbonyl (C=O) groups excluding carboxylic acids is 1. The summed E-state index contributed by atoms with van der Waals surface area (Å²) in [5.74, 6) is 0.0432. The molecule has 1 saturated heterocycles. The highest BCUT2D eigenvalue weighted by molar-refractivity contribution is 5.77. The summed E-state index contributed by atoms with van der Waals surface area (Å²) in [6.45, 7) is 6.25. The third-order valence-electron chi connectivity index (χ3n) is 4.26. The highest BCUT2D eigenvalue weighted by Crippen LogP contribution is 2.19. The first kappa shape index (κ1) is 16.0. The Balaban J connectivity index is 1.84. The summed E-state index contributed by atoms with van der Waals surface area (Å²) in [6, 6.07) is 8.38. The van der Waals surface area contributed by atoms with Gasteiger partial charge in [-0.05, 0) is 45.3 Å². The summed E-state index contributed by atoms with van der Waals surface area (Å²) in [4.78, 5) is 14.0. The molecule has 1 aromatic rings. The van der Waals surface area contributed by atoms with E-state index in [2.05, 4.69) is 36.5 Å². The Morgan fingerprint density at radius 1 is 1.33 bits per heavy atom. The molecule has 0 aromatic heterocycles. The zero-order chi connectivity index (χ0) is 15.2. The van der Waals surface area contributed by atoms with Crippen LogP contribution >= 0.6 is 0 Å². The van der Waals surface area contributed by atoms with Crippen LogP contribution in [0.4, 0.5) is 0 Å². The second kappa shape index (κ2) is 7.57. The molecular weight excluding hydrogens is 264 g/mol. The summed E-state index contributed by atoms with van der Waals surface area (Å²) >= 11 is 0. The lowest BCUT2D eigenvalue weighted by Gasteiger charge is -2.27. The number of aryl methyl sites for hydroxylation is 1. The number of benzene rings is 1. The largest absolute Gasteiger partial charge is 0.368 e. The Morgan fingerprint density at radius 2 is 1.95 bits per heavy atom. The van der Waals surface area contributed by atoms with Gasteiger partial charge in [0, 0.05) is 7.05 Å². The normalized spacial score (nSPS) is 17.5. The van der Waals surface area contributed by atoms with Gasteiger partial charge in [-0.15, -0.1) is 0 Å². The summed E-state index contributed by atoms with van der Waals surface area (Å²) in [5.41, 5.74) is 2.38. The quantitative estimate of drug-likeness (QED) is 0.904. The third-order valence-corrected chi connectivity index (χ3v) is 4.26. The Labute approximate surface area is 127 Å². The number of likely N-dealkylation sites (N-methyl/N-ethyl adjacent to an activating group) is 1. The van der Waals surface area contributed by atoms with Gasteiger partial charge in [0.25, 0.3) is 0 Å². The molecule has 4 nitrogen and oxygen atoms in total. The summed E-state index contributed by atoms with van der Waals surface area (Å²) in [5, 5.41) is 3.29. The molecule has 0 spiro atoms. The molecule has 0 aliphatic carbocycles. The molecule has 1 aliphatic rings. The van der Waals surface area contributed by atoms with E-state index in [0.717, 1.165) is 31.5 Å². The molecule has 116 valence electrons. The van der Waals surface area contributed by atoms with Crippen LogP contribution in [-0.2, 0) is 9.53 Å². The lowest BCUT2D eigenvalue weighted by molar-refractivity contribution is -0.139. The molecule has 1 amide bonds. The average molecular weight is 290 g/mol. The van der Waals surface area contributed by atoms with Crippen LogP contribution < -0.4 is 5.32 Å². The van der Waals surface area contributed by atoms with Gasteiger partial charge in [-0.3, -0.25) is 4.79 Å². The first-order valence-electron chi connectivity index (χ1n) is 7.72. The van der Waals surface area contributed by atoms with E-state index >= 15 is 0 Å². The third kappa shape index (κ3) is 4.55. The standard InChI is InChI=1S/C17H26N2O2/c1-13-4-6-15(7-5-13)14(2)19(3)17(20)12-21-16-8-10-18-11-9-16/h4-7,14,16,18H,8-12H2,1-3H3. The van der Waals surface area contributed by atoms with Crippen molar-refractivity contribution in [3.8, 4) is 0 Å². The Bertz CT molecular complexity index is 452. The Kier molecular flexibility index (Phi) is 5.76. The number of nitrogens with one attached hydrogen (secondary N) is 1. The molecule has 0 bridgehead atoms. The second-order valence-electron chi connectivity index (χ2n) is 5.85. The van der Waals surface area contributed by atoms with Crippen LogP contribution in [0.15, 0.2) is 24.3 Å². The van der Waals surface area contributed by atoms with E-state index in [1.165, 1.54) is 5.56 Å². The molecule has 1 N–H and O–H groups in total. The molecule has 1 atom stereocenters. The van der Waals surface area contributed by atoms with Gasteiger partial charge in [-0.1, -0.05) is 29.8 Å². The predicted molar refractivity (Wildman–Crippen MR) is 84.2 cm³/mol. The van der Waals surface area contributed by atoms with E-state index in [1.54, 1.807) is 4.90 Å². The van der Waals surface area contributed by atoms with Gasteiger partial charge >= 0.3 is 0 Å². The molecule has 2 rings (SSSR count). The Hall–Kier alpha value is -1.39. The van der Waals surface area contributed by atoms with Gasteiger partial charge in [0.15, 0.2) is 0 Å². The molecule has 4 heteroatoms. The number of hydrogen-bond donors (Lipinski definition) is 1. The van der Waals surface area contributed by atoms with Crippen LogP contribution in [0, 0.1) is 6.92 Å². The van der Waals surface area contributed by atoms with Gasteiger partial charge in [-0.25, -0.2) is 0 Å². The maximum atomic E-state index is 12.3. The van der Waals surface area contributed by atoms with Crippen molar-refractivity contribution < 1.29 is 9.53 Å². The van der Waals surface area contributed by atoms with Crippen molar-refractivity contribution in [3.63, 3.8) is 0 Å². The molecule has 0 saturated carbocycles. The van der Waals surface area contributed by atoms with Crippen molar-refractivity contribution in [1.82, 2.24) is 10.2 Å². The molecule has 1 fully saturated rings. The fourth-order valence-corrected chi connectivity index (χ4v) is 2.54. The van der Waals surface area contributed by atoms with Crippen LogP contribution in [-0.4, -0.2) is 43.7 Å². The summed E-state index contributed by atoms with van der Waals surface area (Å²) in [7, 11) is 1.85. The van der Waals surface area contributed by atoms with Gasteiger partial charge in [-0.2, -0.15) is 0 Å². The van der Waals surface area contributed by atoms with E-state index in [9.17, 15) is 4.79 Å². The van der Waals surface area contributed by atoms with Crippen molar-refractivity contribution in [2.45, 2.75) is 38.8 Å². The molecule has 1 aromatic carbocycles. The van der Waals surface area contributed by atoms with Crippen LogP contribution in [0.25, 0.3) is 0 Å². The maximum absolute atomic E-state index is 12.3. The van der Waals surface area contributed by atoms with Gasteiger partial charge in [0.2, 0.25) is 5.91 Å².